The second-order valence-corrected chi connectivity index (χ2v) is 9.25. The molecule has 0 bridgehead atoms. The first-order valence-electron chi connectivity index (χ1n) is 12.5. The third kappa shape index (κ3) is 6.11. The maximum Gasteiger partial charge on any atom is 0.273 e. The minimum Gasteiger partial charge on any atom is -0.346 e. The zero-order chi connectivity index (χ0) is 29.1. The van der Waals surface area contributed by atoms with Gasteiger partial charge in [-0.3, -0.25) is 19.6 Å². The van der Waals surface area contributed by atoms with E-state index in [0.29, 0.717) is 39.7 Å². The molecule has 0 aromatic carbocycles. The van der Waals surface area contributed by atoms with Gasteiger partial charge in [-0.05, 0) is 50.6 Å². The van der Waals surface area contributed by atoms with E-state index in [1.54, 1.807) is 38.2 Å². The Morgan fingerprint density at radius 1 is 0.927 bits per heavy atom. The van der Waals surface area contributed by atoms with Crippen LogP contribution >= 0.6 is 0 Å². The van der Waals surface area contributed by atoms with Crippen molar-refractivity contribution >= 4 is 17.4 Å². The minimum atomic E-state index is -0.839. The molecule has 0 saturated heterocycles. The number of anilines is 2. The normalized spacial score (nSPS) is 10.9. The third-order valence-electron chi connectivity index (χ3n) is 6.35. The number of aromatic nitrogens is 6. The zero-order valence-corrected chi connectivity index (χ0v) is 22.3. The molecule has 0 fully saturated rings. The number of H-pyrrole nitrogens is 1. The van der Waals surface area contributed by atoms with E-state index in [9.17, 15) is 14.0 Å². The van der Waals surface area contributed by atoms with Gasteiger partial charge < -0.3 is 15.6 Å². The number of carbonyl (C=O) groups excluding carboxylic acids is 1. The molecule has 3 N–H and O–H groups in total. The molecule has 0 aliphatic heterocycles. The van der Waals surface area contributed by atoms with Gasteiger partial charge in [0.1, 0.15) is 11.6 Å². The molecule has 0 aliphatic rings. The monoisotopic (exact) mass is 554 g/mol. The van der Waals surface area contributed by atoms with Crippen LogP contribution in [0.1, 0.15) is 33.0 Å². The average molecular weight is 555 g/mol. The van der Waals surface area contributed by atoms with Crippen LogP contribution in [0.4, 0.5) is 20.3 Å². The molecular weight excluding hydrogens is 530 g/mol. The smallest absolute Gasteiger partial charge is 0.273 e. The maximum atomic E-state index is 15.0. The molecule has 1 amide bonds. The van der Waals surface area contributed by atoms with Gasteiger partial charge in [0.2, 0.25) is 5.56 Å². The third-order valence-corrected chi connectivity index (χ3v) is 6.35. The van der Waals surface area contributed by atoms with Crippen LogP contribution in [0.3, 0.4) is 0 Å². The lowest BCUT2D eigenvalue weighted by molar-refractivity contribution is 0.0941. The van der Waals surface area contributed by atoms with Gasteiger partial charge in [0.25, 0.3) is 5.91 Å². The zero-order valence-electron chi connectivity index (χ0n) is 22.3. The first kappa shape index (κ1) is 27.2. The standard InChI is InChI=1S/C29H24F2N8O2/c1-15-16(2)37-28(39-27(15)38-21-6-7-32-25(40)10-21)19-8-23(31)26(35-13-19)29(41)36-12-18-4-5-24(34-11-18)22-9-20(30)14-33-17(22)3/h4-11,13-14H,12H2,1-3H3,(H,36,41)(H2,32,37,38,39,40). The Kier molecular flexibility index (Phi) is 7.55. The summed E-state index contributed by atoms with van der Waals surface area (Å²) < 4.78 is 28.6. The number of amides is 1. The summed E-state index contributed by atoms with van der Waals surface area (Å²) in [6.07, 6.45) is 5.52. The van der Waals surface area contributed by atoms with Crippen molar-refractivity contribution in [1.29, 1.82) is 0 Å². The average Bonchev–Trinajstić information content (AvgIpc) is 2.95. The van der Waals surface area contributed by atoms with E-state index in [0.717, 1.165) is 17.8 Å². The quantitative estimate of drug-likeness (QED) is 0.266. The number of hydrogen-bond acceptors (Lipinski definition) is 8. The largest absolute Gasteiger partial charge is 0.346 e. The predicted octanol–water partition coefficient (Wildman–Crippen LogP) is 4.56. The number of aryl methyl sites for hydroxylation is 2. The number of hydrogen-bond donors (Lipinski definition) is 3. The number of pyridine rings is 4. The molecule has 0 unspecified atom stereocenters. The lowest BCUT2D eigenvalue weighted by Gasteiger charge is -2.13. The molecule has 5 aromatic rings. The number of nitrogens with zero attached hydrogens (tertiary/aromatic N) is 5. The first-order valence-corrected chi connectivity index (χ1v) is 12.5. The van der Waals surface area contributed by atoms with Gasteiger partial charge in [0, 0.05) is 65.0 Å². The number of nitrogens with one attached hydrogen (secondary N) is 3. The molecule has 0 atom stereocenters. The molecule has 0 aliphatic carbocycles. The molecule has 5 heterocycles. The van der Waals surface area contributed by atoms with Crippen LogP contribution in [-0.4, -0.2) is 35.8 Å². The summed E-state index contributed by atoms with van der Waals surface area (Å²) in [5.74, 6) is -1.36. The highest BCUT2D eigenvalue weighted by Gasteiger charge is 2.17. The second kappa shape index (κ2) is 11.4. The van der Waals surface area contributed by atoms with Crippen molar-refractivity contribution in [3.63, 3.8) is 0 Å². The number of rotatable bonds is 7. The van der Waals surface area contributed by atoms with Gasteiger partial charge in [0.15, 0.2) is 17.3 Å². The van der Waals surface area contributed by atoms with Gasteiger partial charge in [-0.25, -0.2) is 23.7 Å². The summed E-state index contributed by atoms with van der Waals surface area (Å²) in [4.78, 5) is 48.1. The van der Waals surface area contributed by atoms with Crippen molar-refractivity contribution < 1.29 is 13.6 Å². The lowest BCUT2D eigenvalue weighted by atomic mass is 10.1. The van der Waals surface area contributed by atoms with Crippen LogP contribution in [0.15, 0.2) is 66.0 Å². The van der Waals surface area contributed by atoms with Gasteiger partial charge in [0.05, 0.1) is 11.9 Å². The molecule has 5 aromatic heterocycles. The Morgan fingerprint density at radius 3 is 2.49 bits per heavy atom. The molecule has 10 nitrogen and oxygen atoms in total. The predicted molar refractivity (Wildman–Crippen MR) is 148 cm³/mol. The summed E-state index contributed by atoms with van der Waals surface area (Å²) in [5, 5.41) is 5.71. The lowest BCUT2D eigenvalue weighted by Crippen LogP contribution is -2.25. The van der Waals surface area contributed by atoms with Crippen molar-refractivity contribution in [2.75, 3.05) is 5.32 Å². The van der Waals surface area contributed by atoms with Crippen LogP contribution in [0, 0.1) is 32.4 Å². The van der Waals surface area contributed by atoms with Crippen molar-refractivity contribution in [3.8, 4) is 22.6 Å². The Balaban J connectivity index is 1.29. The number of carbonyl (C=O) groups is 1. The molecular formula is C29H24F2N8O2. The van der Waals surface area contributed by atoms with E-state index >= 15 is 4.39 Å². The molecule has 206 valence electrons. The Morgan fingerprint density at radius 2 is 1.76 bits per heavy atom. The fraction of sp³-hybridized carbons (Fsp3) is 0.138. The van der Waals surface area contributed by atoms with E-state index in [1.165, 1.54) is 24.5 Å². The van der Waals surface area contributed by atoms with Crippen LogP contribution in [-0.2, 0) is 6.54 Å². The van der Waals surface area contributed by atoms with E-state index in [1.807, 2.05) is 6.92 Å². The topological polar surface area (TPSA) is 138 Å². The number of aromatic amines is 1. The summed E-state index contributed by atoms with van der Waals surface area (Å²) >= 11 is 0. The molecule has 0 spiro atoms. The second-order valence-electron chi connectivity index (χ2n) is 9.25. The van der Waals surface area contributed by atoms with Crippen molar-refractivity contribution in [2.45, 2.75) is 27.3 Å². The SMILES string of the molecule is Cc1ncc(F)cc1-c1ccc(CNC(=O)c2ncc(-c3nc(C)c(C)c(Nc4cc[nH]c(=O)c4)n3)cc2F)cn1. The highest BCUT2D eigenvalue weighted by molar-refractivity contribution is 5.92. The minimum absolute atomic E-state index is 0.0764. The summed E-state index contributed by atoms with van der Waals surface area (Å²) in [6.45, 7) is 5.44. The van der Waals surface area contributed by atoms with Gasteiger partial charge in [-0.1, -0.05) is 6.07 Å². The highest BCUT2D eigenvalue weighted by Crippen LogP contribution is 2.25. The van der Waals surface area contributed by atoms with Crippen LogP contribution < -0.4 is 16.2 Å². The van der Waals surface area contributed by atoms with E-state index in [2.05, 4.69) is 40.5 Å². The molecule has 41 heavy (non-hydrogen) atoms. The number of halogens is 2. The van der Waals surface area contributed by atoms with Crippen LogP contribution in [0.2, 0.25) is 0 Å². The fourth-order valence-electron chi connectivity index (χ4n) is 3.99. The highest BCUT2D eigenvalue weighted by atomic mass is 19.1. The first-order chi connectivity index (χ1) is 19.7. The van der Waals surface area contributed by atoms with Gasteiger partial charge in [-0.15, -0.1) is 0 Å². The van der Waals surface area contributed by atoms with Crippen LogP contribution in [0.25, 0.3) is 22.6 Å². The van der Waals surface area contributed by atoms with E-state index in [-0.39, 0.29) is 29.2 Å². The fourth-order valence-corrected chi connectivity index (χ4v) is 3.99. The van der Waals surface area contributed by atoms with Crippen LogP contribution in [0.5, 0.6) is 0 Å². The van der Waals surface area contributed by atoms with Gasteiger partial charge >= 0.3 is 0 Å². The Labute approximate surface area is 233 Å². The molecule has 0 saturated carbocycles. The Hall–Kier alpha value is -5.39. The van der Waals surface area contributed by atoms with Crippen molar-refractivity contribution in [2.24, 2.45) is 0 Å². The summed E-state index contributed by atoms with van der Waals surface area (Å²) in [6, 6.07) is 9.00. The summed E-state index contributed by atoms with van der Waals surface area (Å²) in [7, 11) is 0. The van der Waals surface area contributed by atoms with Crippen molar-refractivity contribution in [3.05, 3.63) is 111 Å². The molecule has 5 rings (SSSR count). The summed E-state index contributed by atoms with van der Waals surface area (Å²) in [5.41, 5.74) is 3.95. The van der Waals surface area contributed by atoms with E-state index in [4.69, 9.17) is 0 Å². The van der Waals surface area contributed by atoms with Gasteiger partial charge in [-0.2, -0.15) is 0 Å². The molecule has 12 heteroatoms. The van der Waals surface area contributed by atoms with E-state index < -0.39 is 17.5 Å². The maximum absolute atomic E-state index is 15.0. The Bertz CT molecular complexity index is 1820. The van der Waals surface area contributed by atoms with Crippen molar-refractivity contribution in [1.82, 2.24) is 35.2 Å². The molecule has 0 radical (unpaired) electrons.